The number of non-ortho nitro benzene ring substituents is 1. The van der Waals surface area contributed by atoms with Crippen LogP contribution < -0.4 is 10.1 Å². The van der Waals surface area contributed by atoms with E-state index in [1.54, 1.807) is 30.3 Å². The van der Waals surface area contributed by atoms with E-state index in [4.69, 9.17) is 4.74 Å². The smallest absolute Gasteiger partial charge is 0.271 e. The van der Waals surface area contributed by atoms with Gasteiger partial charge >= 0.3 is 0 Å². The molecule has 0 heterocycles. The second-order valence-corrected chi connectivity index (χ2v) is 5.70. The molecule has 6 nitrogen and oxygen atoms in total. The number of nitro benzene ring substituents is 1. The molecule has 2 rings (SSSR count). The van der Waals surface area contributed by atoms with Crippen LogP contribution in [0.15, 0.2) is 48.5 Å². The first kappa shape index (κ1) is 18.4. The zero-order chi connectivity index (χ0) is 18.1. The van der Waals surface area contributed by atoms with Crippen molar-refractivity contribution < 1.29 is 14.5 Å². The summed E-state index contributed by atoms with van der Waals surface area (Å²) in [4.78, 5) is 22.5. The summed E-state index contributed by atoms with van der Waals surface area (Å²) in [7, 11) is 0. The first-order valence-electron chi connectivity index (χ1n) is 8.39. The van der Waals surface area contributed by atoms with Gasteiger partial charge in [0, 0.05) is 23.4 Å². The Morgan fingerprint density at radius 2 is 1.88 bits per heavy atom. The maximum atomic E-state index is 12.2. The molecular formula is C19H22N2O4. The van der Waals surface area contributed by atoms with Crippen LogP contribution >= 0.6 is 0 Å². The molecule has 0 aliphatic rings. The van der Waals surface area contributed by atoms with E-state index in [9.17, 15) is 14.9 Å². The summed E-state index contributed by atoms with van der Waals surface area (Å²) in [5.41, 5.74) is 0.782. The normalized spacial score (nSPS) is 10.3. The largest absolute Gasteiger partial charge is 0.494 e. The van der Waals surface area contributed by atoms with Gasteiger partial charge in [-0.25, -0.2) is 0 Å². The number of carbonyl (C=O) groups excluding carboxylic acids is 1. The molecule has 1 amide bonds. The van der Waals surface area contributed by atoms with Crippen molar-refractivity contribution in [3.05, 3.63) is 64.2 Å². The van der Waals surface area contributed by atoms with Gasteiger partial charge in [0.15, 0.2) is 0 Å². The van der Waals surface area contributed by atoms with Crippen molar-refractivity contribution in [3.63, 3.8) is 0 Å². The number of nitrogens with zero attached hydrogens (tertiary/aromatic N) is 1. The summed E-state index contributed by atoms with van der Waals surface area (Å²) in [6.45, 7) is 2.83. The standard InChI is InChI=1S/C19H22N2O4/c1-2-3-4-5-13-25-18-11-9-15(10-12-18)19(22)20-16-7-6-8-17(14-16)21(23)24/h6-12,14H,2-5,13H2,1H3,(H,20,22). The molecule has 0 atom stereocenters. The number of benzene rings is 2. The molecular weight excluding hydrogens is 320 g/mol. The Hall–Kier alpha value is -2.89. The van der Waals surface area contributed by atoms with Crippen molar-refractivity contribution in [1.29, 1.82) is 0 Å². The van der Waals surface area contributed by atoms with Crippen LogP contribution in [0.2, 0.25) is 0 Å². The fourth-order valence-corrected chi connectivity index (χ4v) is 2.32. The van der Waals surface area contributed by atoms with Crippen LogP contribution in [0.5, 0.6) is 5.75 Å². The molecule has 132 valence electrons. The van der Waals surface area contributed by atoms with E-state index < -0.39 is 4.92 Å². The third-order valence-corrected chi connectivity index (χ3v) is 3.70. The molecule has 0 aliphatic heterocycles. The minimum Gasteiger partial charge on any atom is -0.494 e. The van der Waals surface area contributed by atoms with Crippen LogP contribution in [0.1, 0.15) is 43.0 Å². The third kappa shape index (κ3) is 5.91. The fraction of sp³-hybridized carbons (Fsp3) is 0.316. The monoisotopic (exact) mass is 342 g/mol. The molecule has 0 spiro atoms. The predicted octanol–water partition coefficient (Wildman–Crippen LogP) is 4.81. The van der Waals surface area contributed by atoms with E-state index in [1.807, 2.05) is 0 Å². The van der Waals surface area contributed by atoms with Crippen LogP contribution in [-0.2, 0) is 0 Å². The maximum Gasteiger partial charge on any atom is 0.271 e. The van der Waals surface area contributed by atoms with Crippen LogP contribution in [0, 0.1) is 10.1 Å². The van der Waals surface area contributed by atoms with Crippen molar-refractivity contribution >= 4 is 17.3 Å². The first-order valence-corrected chi connectivity index (χ1v) is 8.39. The summed E-state index contributed by atoms with van der Waals surface area (Å²) >= 11 is 0. The van der Waals surface area contributed by atoms with Gasteiger partial charge in [-0.3, -0.25) is 14.9 Å². The number of nitro groups is 1. The highest BCUT2D eigenvalue weighted by molar-refractivity contribution is 6.04. The predicted molar refractivity (Wildman–Crippen MR) is 97.1 cm³/mol. The van der Waals surface area contributed by atoms with Gasteiger partial charge < -0.3 is 10.1 Å². The van der Waals surface area contributed by atoms with Gasteiger partial charge in [0.2, 0.25) is 0 Å². The van der Waals surface area contributed by atoms with Crippen molar-refractivity contribution in [2.45, 2.75) is 32.6 Å². The van der Waals surface area contributed by atoms with Gasteiger partial charge in [-0.05, 0) is 36.8 Å². The van der Waals surface area contributed by atoms with Crippen LogP contribution in [0.3, 0.4) is 0 Å². The van der Waals surface area contributed by atoms with Crippen LogP contribution in [0.25, 0.3) is 0 Å². The Balaban J connectivity index is 1.89. The van der Waals surface area contributed by atoms with Crippen molar-refractivity contribution in [2.24, 2.45) is 0 Å². The number of ether oxygens (including phenoxy) is 1. The zero-order valence-electron chi connectivity index (χ0n) is 14.2. The van der Waals surface area contributed by atoms with Crippen molar-refractivity contribution in [3.8, 4) is 5.75 Å². The molecule has 2 aromatic rings. The summed E-state index contributed by atoms with van der Waals surface area (Å²) in [6.07, 6.45) is 4.57. The molecule has 0 fully saturated rings. The maximum absolute atomic E-state index is 12.2. The Labute approximate surface area is 147 Å². The number of nitrogens with one attached hydrogen (secondary N) is 1. The Morgan fingerprint density at radius 3 is 2.56 bits per heavy atom. The van der Waals surface area contributed by atoms with Gasteiger partial charge in [0.1, 0.15) is 5.75 Å². The minimum absolute atomic E-state index is 0.0652. The second kappa shape index (κ2) is 9.42. The highest BCUT2D eigenvalue weighted by Gasteiger charge is 2.10. The van der Waals surface area contributed by atoms with Crippen molar-refractivity contribution in [2.75, 3.05) is 11.9 Å². The minimum atomic E-state index is -0.498. The molecule has 0 aromatic heterocycles. The third-order valence-electron chi connectivity index (χ3n) is 3.70. The van der Waals surface area contributed by atoms with E-state index in [1.165, 1.54) is 31.0 Å². The molecule has 6 heteroatoms. The number of carbonyl (C=O) groups is 1. The molecule has 0 saturated heterocycles. The van der Waals surface area contributed by atoms with Gasteiger partial charge in [0.25, 0.3) is 11.6 Å². The average molecular weight is 342 g/mol. The van der Waals surface area contributed by atoms with E-state index >= 15 is 0 Å². The Kier molecular flexibility index (Phi) is 6.95. The summed E-state index contributed by atoms with van der Waals surface area (Å²) in [6, 6.07) is 12.7. The van der Waals surface area contributed by atoms with Gasteiger partial charge in [0.05, 0.1) is 11.5 Å². The van der Waals surface area contributed by atoms with Crippen molar-refractivity contribution in [1.82, 2.24) is 0 Å². The molecule has 1 N–H and O–H groups in total. The van der Waals surface area contributed by atoms with Gasteiger partial charge in [-0.2, -0.15) is 0 Å². The van der Waals surface area contributed by atoms with E-state index in [-0.39, 0.29) is 11.6 Å². The molecule has 25 heavy (non-hydrogen) atoms. The molecule has 2 aromatic carbocycles. The van der Waals surface area contributed by atoms with E-state index in [0.29, 0.717) is 17.9 Å². The lowest BCUT2D eigenvalue weighted by molar-refractivity contribution is -0.384. The molecule has 0 radical (unpaired) electrons. The SMILES string of the molecule is CCCCCCOc1ccc(C(=O)Nc2cccc([N+](=O)[O-])c2)cc1. The molecule has 0 saturated carbocycles. The zero-order valence-corrected chi connectivity index (χ0v) is 14.2. The first-order chi connectivity index (χ1) is 12.1. The van der Waals surface area contributed by atoms with Crippen LogP contribution in [-0.4, -0.2) is 17.4 Å². The molecule has 0 bridgehead atoms. The van der Waals surface area contributed by atoms with Crippen LogP contribution in [0.4, 0.5) is 11.4 Å². The molecule has 0 aliphatic carbocycles. The number of anilines is 1. The van der Waals surface area contributed by atoms with E-state index in [0.717, 1.165) is 18.6 Å². The number of hydrogen-bond acceptors (Lipinski definition) is 4. The summed E-state index contributed by atoms with van der Waals surface area (Å²) in [5, 5.41) is 13.4. The number of hydrogen-bond donors (Lipinski definition) is 1. The van der Waals surface area contributed by atoms with Gasteiger partial charge in [-0.1, -0.05) is 32.3 Å². The Morgan fingerprint density at radius 1 is 1.12 bits per heavy atom. The number of amides is 1. The second-order valence-electron chi connectivity index (χ2n) is 5.70. The highest BCUT2D eigenvalue weighted by Crippen LogP contribution is 2.19. The fourth-order valence-electron chi connectivity index (χ4n) is 2.32. The lowest BCUT2D eigenvalue weighted by atomic mass is 10.2. The number of rotatable bonds is 9. The lowest BCUT2D eigenvalue weighted by Crippen LogP contribution is -2.11. The summed E-state index contributed by atoms with van der Waals surface area (Å²) < 4.78 is 5.64. The highest BCUT2D eigenvalue weighted by atomic mass is 16.6. The lowest BCUT2D eigenvalue weighted by Gasteiger charge is -2.08. The molecule has 0 unspecified atom stereocenters. The average Bonchev–Trinajstić information content (AvgIpc) is 2.62. The topological polar surface area (TPSA) is 81.5 Å². The quantitative estimate of drug-likeness (QED) is 0.403. The number of unbranched alkanes of at least 4 members (excludes halogenated alkanes) is 3. The van der Waals surface area contributed by atoms with Gasteiger partial charge in [-0.15, -0.1) is 0 Å². The van der Waals surface area contributed by atoms with E-state index in [2.05, 4.69) is 12.2 Å². The summed E-state index contributed by atoms with van der Waals surface area (Å²) in [5.74, 6) is 0.401. The Bertz CT molecular complexity index is 714.